The molecule has 9 nitrogen and oxygen atoms in total. The number of aliphatic carboxylic acids is 1. The number of nitrogens with one attached hydrogen (secondary N) is 1. The standard InChI is InChI=1S/C16H16F3N7.C2HF3O2/c1-10-8-25(11-2-4-20-5-3-11)6-7-26(10)14-12-13(21-9-22-14)24-15(23-12)16(17,18)19;3-2(4,5)1(6)7/h2-5,9-10H,6-8H2,1H3,(H,21,22,23,24);(H,6,7). The Morgan fingerprint density at radius 1 is 1.12 bits per heavy atom. The molecule has 178 valence electrons. The molecule has 0 bridgehead atoms. The molecule has 4 heterocycles. The van der Waals surface area contributed by atoms with Crippen LogP contribution in [0, 0.1) is 0 Å². The topological polar surface area (TPSA) is 111 Å². The second kappa shape index (κ2) is 9.07. The lowest BCUT2D eigenvalue weighted by Gasteiger charge is -2.41. The number of hydrogen-bond acceptors (Lipinski definition) is 7. The molecule has 0 saturated carbocycles. The highest BCUT2D eigenvalue weighted by atomic mass is 19.4. The van der Waals surface area contributed by atoms with Gasteiger partial charge in [-0.3, -0.25) is 4.98 Å². The summed E-state index contributed by atoms with van der Waals surface area (Å²) in [6, 6.07) is 3.93. The third-order valence-corrected chi connectivity index (χ3v) is 4.71. The predicted octanol–water partition coefficient (Wildman–Crippen LogP) is 3.12. The van der Waals surface area contributed by atoms with Gasteiger partial charge in [-0.2, -0.15) is 26.3 Å². The zero-order valence-corrected chi connectivity index (χ0v) is 16.9. The number of nitrogens with zero attached hydrogens (tertiary/aromatic N) is 6. The van der Waals surface area contributed by atoms with E-state index in [1.165, 1.54) is 6.33 Å². The van der Waals surface area contributed by atoms with Gasteiger partial charge in [0.2, 0.25) is 5.82 Å². The number of carboxylic acid groups (broad SMARTS) is 1. The van der Waals surface area contributed by atoms with Crippen LogP contribution in [0.15, 0.2) is 30.9 Å². The number of aromatic amines is 1. The lowest BCUT2D eigenvalue weighted by molar-refractivity contribution is -0.192. The van der Waals surface area contributed by atoms with Crippen LogP contribution in [0.1, 0.15) is 12.7 Å². The molecule has 1 aliphatic rings. The average molecular weight is 477 g/mol. The Labute approximate surface area is 182 Å². The normalized spacial score (nSPS) is 17.0. The van der Waals surface area contributed by atoms with Crippen molar-refractivity contribution in [3.63, 3.8) is 0 Å². The minimum atomic E-state index is -5.08. The highest BCUT2D eigenvalue weighted by molar-refractivity contribution is 5.83. The number of anilines is 2. The number of aromatic nitrogens is 5. The van der Waals surface area contributed by atoms with Gasteiger partial charge in [-0.05, 0) is 19.1 Å². The van der Waals surface area contributed by atoms with Gasteiger partial charge >= 0.3 is 18.3 Å². The number of alkyl halides is 6. The van der Waals surface area contributed by atoms with Crippen LogP contribution in [0.5, 0.6) is 0 Å². The number of fused-ring (bicyclic) bond motifs is 1. The van der Waals surface area contributed by atoms with Crippen molar-refractivity contribution in [2.45, 2.75) is 25.3 Å². The van der Waals surface area contributed by atoms with E-state index in [-0.39, 0.29) is 17.2 Å². The van der Waals surface area contributed by atoms with Gasteiger partial charge in [-0.1, -0.05) is 0 Å². The number of piperazine rings is 1. The van der Waals surface area contributed by atoms with E-state index in [4.69, 9.17) is 9.90 Å². The second-order valence-corrected chi connectivity index (χ2v) is 6.98. The summed E-state index contributed by atoms with van der Waals surface area (Å²) < 4.78 is 70.6. The number of rotatable bonds is 2. The van der Waals surface area contributed by atoms with Crippen molar-refractivity contribution in [3.05, 3.63) is 36.7 Å². The number of halogens is 6. The van der Waals surface area contributed by atoms with Crippen molar-refractivity contribution in [3.8, 4) is 0 Å². The lowest BCUT2D eigenvalue weighted by Crippen LogP contribution is -2.52. The van der Waals surface area contributed by atoms with E-state index in [0.717, 1.165) is 18.8 Å². The molecule has 33 heavy (non-hydrogen) atoms. The highest BCUT2D eigenvalue weighted by Crippen LogP contribution is 2.31. The number of carbonyl (C=O) groups is 1. The zero-order chi connectivity index (χ0) is 24.4. The molecule has 0 spiro atoms. The molecule has 3 aromatic heterocycles. The van der Waals surface area contributed by atoms with Crippen LogP contribution in [0.3, 0.4) is 0 Å². The van der Waals surface area contributed by atoms with Crippen molar-refractivity contribution in [2.75, 3.05) is 29.4 Å². The molecular weight excluding hydrogens is 460 g/mol. The first-order valence-corrected chi connectivity index (χ1v) is 9.37. The summed E-state index contributed by atoms with van der Waals surface area (Å²) in [6.07, 6.45) is -4.91. The molecular formula is C18H17F6N7O2. The Kier molecular flexibility index (Phi) is 6.60. The van der Waals surface area contributed by atoms with Crippen LogP contribution in [0.2, 0.25) is 0 Å². The molecule has 0 aliphatic carbocycles. The monoisotopic (exact) mass is 477 g/mol. The molecule has 1 aliphatic heterocycles. The van der Waals surface area contributed by atoms with E-state index in [1.54, 1.807) is 12.4 Å². The average Bonchev–Trinajstić information content (AvgIpc) is 3.19. The maximum absolute atomic E-state index is 12.9. The molecule has 1 unspecified atom stereocenters. The molecule has 1 saturated heterocycles. The quantitative estimate of drug-likeness (QED) is 0.542. The Morgan fingerprint density at radius 3 is 2.30 bits per heavy atom. The molecule has 1 atom stereocenters. The fourth-order valence-electron chi connectivity index (χ4n) is 3.23. The summed E-state index contributed by atoms with van der Waals surface area (Å²) in [5.74, 6) is -3.37. The van der Waals surface area contributed by atoms with E-state index >= 15 is 0 Å². The molecule has 0 amide bonds. The van der Waals surface area contributed by atoms with Crippen molar-refractivity contribution in [2.24, 2.45) is 0 Å². The molecule has 15 heteroatoms. The molecule has 0 aromatic carbocycles. The van der Waals surface area contributed by atoms with E-state index in [9.17, 15) is 26.3 Å². The predicted molar refractivity (Wildman–Crippen MR) is 104 cm³/mol. The molecule has 0 radical (unpaired) electrons. The maximum Gasteiger partial charge on any atom is 0.490 e. The minimum absolute atomic E-state index is 0.0195. The summed E-state index contributed by atoms with van der Waals surface area (Å²) in [6.45, 7) is 4.08. The maximum atomic E-state index is 12.9. The molecule has 1 fully saturated rings. The SMILES string of the molecule is CC1CN(c2ccncc2)CCN1c1ncnc2nc(C(F)(F)F)[nH]c12.O=C(O)C(F)(F)F. The first-order valence-electron chi connectivity index (χ1n) is 9.37. The van der Waals surface area contributed by atoms with Gasteiger partial charge in [0.25, 0.3) is 0 Å². The van der Waals surface area contributed by atoms with Gasteiger partial charge < -0.3 is 19.9 Å². The second-order valence-electron chi connectivity index (χ2n) is 6.98. The molecule has 4 rings (SSSR count). The number of H-pyrrole nitrogens is 1. The Balaban J connectivity index is 0.000000383. The minimum Gasteiger partial charge on any atom is -0.475 e. The summed E-state index contributed by atoms with van der Waals surface area (Å²) in [7, 11) is 0. The largest absolute Gasteiger partial charge is 0.490 e. The number of imidazole rings is 1. The molecule has 3 aromatic rings. The number of carboxylic acids is 1. The van der Waals surface area contributed by atoms with Crippen molar-refractivity contribution < 1.29 is 36.2 Å². The van der Waals surface area contributed by atoms with Crippen LogP contribution in [-0.4, -0.2) is 67.8 Å². The van der Waals surface area contributed by atoms with Crippen LogP contribution in [0.25, 0.3) is 11.2 Å². The number of hydrogen-bond donors (Lipinski definition) is 2. The Bertz CT molecular complexity index is 1100. The van der Waals surface area contributed by atoms with Gasteiger partial charge in [0.1, 0.15) is 11.8 Å². The third-order valence-electron chi connectivity index (χ3n) is 4.71. The first-order chi connectivity index (χ1) is 15.4. The Hall–Kier alpha value is -3.65. The van der Waals surface area contributed by atoms with Crippen LogP contribution < -0.4 is 9.80 Å². The van der Waals surface area contributed by atoms with Gasteiger partial charge in [-0.15, -0.1) is 0 Å². The molecule has 2 N–H and O–H groups in total. The summed E-state index contributed by atoms with van der Waals surface area (Å²) in [5.41, 5.74) is 1.30. The third kappa shape index (κ3) is 5.59. The van der Waals surface area contributed by atoms with E-state index < -0.39 is 24.1 Å². The summed E-state index contributed by atoms with van der Waals surface area (Å²) in [5, 5.41) is 7.12. The van der Waals surface area contributed by atoms with E-state index in [0.29, 0.717) is 12.4 Å². The van der Waals surface area contributed by atoms with Gasteiger partial charge in [0.05, 0.1) is 0 Å². The van der Waals surface area contributed by atoms with Crippen molar-refractivity contribution in [1.82, 2.24) is 24.9 Å². The fraction of sp³-hybridized carbons (Fsp3) is 0.389. The number of pyridine rings is 1. The summed E-state index contributed by atoms with van der Waals surface area (Å²) in [4.78, 5) is 31.1. The first kappa shape index (κ1) is 24.0. The zero-order valence-electron chi connectivity index (χ0n) is 16.9. The van der Waals surface area contributed by atoms with Crippen LogP contribution in [-0.2, 0) is 11.0 Å². The lowest BCUT2D eigenvalue weighted by atomic mass is 10.1. The van der Waals surface area contributed by atoms with Gasteiger partial charge in [-0.25, -0.2) is 19.7 Å². The van der Waals surface area contributed by atoms with Crippen LogP contribution in [0.4, 0.5) is 37.8 Å². The smallest absolute Gasteiger partial charge is 0.475 e. The fourth-order valence-corrected chi connectivity index (χ4v) is 3.23. The van der Waals surface area contributed by atoms with Crippen LogP contribution >= 0.6 is 0 Å². The van der Waals surface area contributed by atoms with Gasteiger partial charge in [0.15, 0.2) is 11.5 Å². The van der Waals surface area contributed by atoms with Crippen molar-refractivity contribution >= 4 is 28.6 Å². The van der Waals surface area contributed by atoms with Gasteiger partial charge in [0, 0.05) is 43.8 Å². The highest BCUT2D eigenvalue weighted by Gasteiger charge is 2.38. The van der Waals surface area contributed by atoms with E-state index in [2.05, 4.69) is 29.8 Å². The summed E-state index contributed by atoms with van der Waals surface area (Å²) >= 11 is 0. The Morgan fingerprint density at radius 2 is 1.76 bits per heavy atom. The van der Waals surface area contributed by atoms with Crippen molar-refractivity contribution in [1.29, 1.82) is 0 Å². The van der Waals surface area contributed by atoms with E-state index in [1.807, 2.05) is 24.0 Å².